The SMILES string of the molecule is CC=C1CN2CCc3c4n(c5ccccc35)[C@H](C(=O)OC)[C@@H]1C[C@H]42. The zero-order valence-corrected chi connectivity index (χ0v) is 14.2. The third-order valence-corrected chi connectivity index (χ3v) is 6.27. The average molecular weight is 322 g/mol. The maximum atomic E-state index is 12.8. The van der Waals surface area contributed by atoms with Crippen LogP contribution >= 0.6 is 0 Å². The van der Waals surface area contributed by atoms with Crippen molar-refractivity contribution in [1.29, 1.82) is 0 Å². The molecule has 0 N–H and O–H groups in total. The number of hydrogen-bond acceptors (Lipinski definition) is 3. The van der Waals surface area contributed by atoms with E-state index in [0.29, 0.717) is 6.04 Å². The Morgan fingerprint density at radius 3 is 2.96 bits per heavy atom. The number of fused-ring (bicyclic) bond motifs is 4. The molecule has 3 aliphatic heterocycles. The van der Waals surface area contributed by atoms with Gasteiger partial charge in [0.15, 0.2) is 0 Å². The molecular weight excluding hydrogens is 300 g/mol. The third kappa shape index (κ3) is 1.64. The molecule has 0 radical (unpaired) electrons. The molecule has 1 fully saturated rings. The van der Waals surface area contributed by atoms with Gasteiger partial charge in [-0.15, -0.1) is 0 Å². The molecule has 1 saturated heterocycles. The van der Waals surface area contributed by atoms with Crippen LogP contribution in [0.5, 0.6) is 0 Å². The molecule has 4 heterocycles. The molecule has 5 rings (SSSR count). The maximum absolute atomic E-state index is 12.8. The summed E-state index contributed by atoms with van der Waals surface area (Å²) in [5.74, 6) is 0.137. The molecule has 3 atom stereocenters. The molecule has 2 aromatic rings. The summed E-state index contributed by atoms with van der Waals surface area (Å²) in [5.41, 5.74) is 5.38. The first kappa shape index (κ1) is 14.3. The number of para-hydroxylation sites is 1. The Balaban J connectivity index is 1.86. The number of ether oxygens (including phenoxy) is 1. The van der Waals surface area contributed by atoms with Gasteiger partial charge in [0.05, 0.1) is 13.2 Å². The van der Waals surface area contributed by atoms with Crippen LogP contribution in [0.3, 0.4) is 0 Å². The highest BCUT2D eigenvalue weighted by atomic mass is 16.5. The predicted molar refractivity (Wildman–Crippen MR) is 92.9 cm³/mol. The predicted octanol–water partition coefficient (Wildman–Crippen LogP) is 3.23. The Bertz CT molecular complexity index is 879. The first-order valence-electron chi connectivity index (χ1n) is 8.83. The minimum Gasteiger partial charge on any atom is -0.467 e. The molecule has 24 heavy (non-hydrogen) atoms. The number of piperidine rings is 1. The van der Waals surface area contributed by atoms with Crippen LogP contribution in [0.15, 0.2) is 35.9 Å². The van der Waals surface area contributed by atoms with Crippen molar-refractivity contribution in [3.63, 3.8) is 0 Å². The Kier molecular flexibility index (Phi) is 2.95. The number of allylic oxidation sites excluding steroid dienone is 1. The van der Waals surface area contributed by atoms with Crippen molar-refractivity contribution in [2.75, 3.05) is 20.2 Å². The monoisotopic (exact) mass is 322 g/mol. The summed E-state index contributed by atoms with van der Waals surface area (Å²) in [4.78, 5) is 15.4. The number of carbonyl (C=O) groups is 1. The van der Waals surface area contributed by atoms with Crippen LogP contribution in [0.4, 0.5) is 0 Å². The molecule has 124 valence electrons. The van der Waals surface area contributed by atoms with Crippen molar-refractivity contribution in [2.45, 2.75) is 31.8 Å². The summed E-state index contributed by atoms with van der Waals surface area (Å²) in [6, 6.07) is 8.75. The number of carbonyl (C=O) groups excluding carboxylic acids is 1. The van der Waals surface area contributed by atoms with E-state index in [1.54, 1.807) is 0 Å². The van der Waals surface area contributed by atoms with Crippen molar-refractivity contribution in [1.82, 2.24) is 9.47 Å². The van der Waals surface area contributed by atoms with Crippen molar-refractivity contribution < 1.29 is 9.53 Å². The summed E-state index contributed by atoms with van der Waals surface area (Å²) in [5, 5.41) is 1.32. The lowest BCUT2D eigenvalue weighted by molar-refractivity contribution is -0.147. The van der Waals surface area contributed by atoms with Crippen molar-refractivity contribution in [3.05, 3.63) is 47.2 Å². The first-order valence-corrected chi connectivity index (χ1v) is 8.83. The van der Waals surface area contributed by atoms with E-state index >= 15 is 0 Å². The Morgan fingerprint density at radius 1 is 1.33 bits per heavy atom. The van der Waals surface area contributed by atoms with E-state index < -0.39 is 0 Å². The number of nitrogens with zero attached hydrogens (tertiary/aromatic N) is 2. The van der Waals surface area contributed by atoms with Gasteiger partial charge in [-0.1, -0.05) is 29.8 Å². The molecule has 0 unspecified atom stereocenters. The van der Waals surface area contributed by atoms with Crippen LogP contribution in [0.1, 0.15) is 36.7 Å². The molecule has 0 spiro atoms. The molecular formula is C20H22N2O2. The fourth-order valence-corrected chi connectivity index (χ4v) is 5.26. The van der Waals surface area contributed by atoms with Gasteiger partial charge < -0.3 is 9.30 Å². The second-order valence-corrected chi connectivity index (χ2v) is 7.16. The number of methoxy groups -OCH3 is 1. The normalized spacial score (nSPS) is 29.9. The molecule has 1 aromatic heterocycles. The van der Waals surface area contributed by atoms with E-state index in [1.807, 2.05) is 0 Å². The van der Waals surface area contributed by atoms with Crippen molar-refractivity contribution in [2.24, 2.45) is 5.92 Å². The molecule has 0 saturated carbocycles. The lowest BCUT2D eigenvalue weighted by Gasteiger charge is -2.50. The van der Waals surface area contributed by atoms with Gasteiger partial charge in [0.1, 0.15) is 6.04 Å². The van der Waals surface area contributed by atoms with Crippen molar-refractivity contribution in [3.8, 4) is 0 Å². The number of aromatic nitrogens is 1. The second kappa shape index (κ2) is 4.96. The van der Waals surface area contributed by atoms with Gasteiger partial charge in [0.25, 0.3) is 0 Å². The van der Waals surface area contributed by atoms with Gasteiger partial charge in [-0.3, -0.25) is 4.90 Å². The lowest BCUT2D eigenvalue weighted by atomic mass is 9.75. The quantitative estimate of drug-likeness (QED) is 0.597. The summed E-state index contributed by atoms with van der Waals surface area (Å²) in [6.07, 6.45) is 4.31. The summed E-state index contributed by atoms with van der Waals surface area (Å²) in [6.45, 7) is 4.20. The van der Waals surface area contributed by atoms with Gasteiger partial charge in [0, 0.05) is 35.6 Å². The Morgan fingerprint density at radius 2 is 2.17 bits per heavy atom. The molecule has 0 amide bonds. The zero-order valence-electron chi connectivity index (χ0n) is 14.2. The average Bonchev–Trinajstić information content (AvgIpc) is 2.96. The van der Waals surface area contributed by atoms with Gasteiger partial charge in [-0.05, 0) is 31.4 Å². The zero-order chi connectivity index (χ0) is 16.4. The lowest BCUT2D eigenvalue weighted by Crippen LogP contribution is -2.50. The van der Waals surface area contributed by atoms with Gasteiger partial charge in [-0.25, -0.2) is 4.79 Å². The molecule has 1 aromatic carbocycles. The smallest absolute Gasteiger partial charge is 0.329 e. The molecule has 4 nitrogen and oxygen atoms in total. The second-order valence-electron chi connectivity index (χ2n) is 7.16. The van der Waals surface area contributed by atoms with Crippen LogP contribution < -0.4 is 0 Å². The molecule has 4 heteroatoms. The molecule has 0 aliphatic carbocycles. The van der Waals surface area contributed by atoms with Crippen molar-refractivity contribution >= 4 is 16.9 Å². The van der Waals surface area contributed by atoms with Gasteiger partial charge in [-0.2, -0.15) is 0 Å². The van der Waals surface area contributed by atoms with Crippen LogP contribution in [-0.2, 0) is 16.0 Å². The highest BCUT2D eigenvalue weighted by Crippen LogP contribution is 2.53. The highest BCUT2D eigenvalue weighted by Gasteiger charge is 2.49. The number of rotatable bonds is 1. The fraction of sp³-hybridized carbons (Fsp3) is 0.450. The van der Waals surface area contributed by atoms with E-state index in [4.69, 9.17) is 4.74 Å². The number of benzene rings is 1. The van der Waals surface area contributed by atoms with Gasteiger partial charge in [0.2, 0.25) is 0 Å². The molecule has 2 bridgehead atoms. The first-order chi connectivity index (χ1) is 11.7. The van der Waals surface area contributed by atoms with Crippen LogP contribution in [0.25, 0.3) is 10.9 Å². The molecule has 3 aliphatic rings. The number of hydrogen-bond donors (Lipinski definition) is 0. The van der Waals surface area contributed by atoms with Crippen LogP contribution in [-0.4, -0.2) is 35.6 Å². The van der Waals surface area contributed by atoms with E-state index in [9.17, 15) is 4.79 Å². The Labute approximate surface area is 141 Å². The van der Waals surface area contributed by atoms with Gasteiger partial charge >= 0.3 is 5.97 Å². The largest absolute Gasteiger partial charge is 0.467 e. The Hall–Kier alpha value is -2.07. The van der Waals surface area contributed by atoms with E-state index in [-0.39, 0.29) is 17.9 Å². The standard InChI is InChI=1S/C20H22N2O2/c1-3-12-11-21-9-8-14-13-6-4-5-7-16(13)22-18(14)17(21)10-15(12)19(22)20(23)24-2/h3-7,15,17,19H,8-11H2,1-2H3/t15-,17-,19+/m1/s1. The van der Waals surface area contributed by atoms with E-state index in [1.165, 1.54) is 34.8 Å². The van der Waals surface area contributed by atoms with Crippen LogP contribution in [0, 0.1) is 5.92 Å². The topological polar surface area (TPSA) is 34.5 Å². The van der Waals surface area contributed by atoms with Crippen LogP contribution in [0.2, 0.25) is 0 Å². The number of esters is 1. The maximum Gasteiger partial charge on any atom is 0.329 e. The minimum atomic E-state index is -0.230. The third-order valence-electron chi connectivity index (χ3n) is 6.27. The van der Waals surface area contributed by atoms with E-state index in [2.05, 4.69) is 46.7 Å². The summed E-state index contributed by atoms with van der Waals surface area (Å²) >= 11 is 0. The van der Waals surface area contributed by atoms with E-state index in [0.717, 1.165) is 25.9 Å². The highest BCUT2D eigenvalue weighted by molar-refractivity contribution is 5.89. The summed E-state index contributed by atoms with van der Waals surface area (Å²) in [7, 11) is 1.51. The minimum absolute atomic E-state index is 0.111. The fourth-order valence-electron chi connectivity index (χ4n) is 5.26. The summed E-state index contributed by atoms with van der Waals surface area (Å²) < 4.78 is 7.54.